The van der Waals surface area contributed by atoms with Gasteiger partial charge in [0.1, 0.15) is 6.10 Å². The first kappa shape index (κ1) is 18.1. The summed E-state index contributed by atoms with van der Waals surface area (Å²) in [5.74, 6) is -0.105. The molecule has 3 atom stereocenters. The molecule has 1 aromatic carbocycles. The van der Waals surface area contributed by atoms with E-state index in [1.807, 2.05) is 13.8 Å². The second-order valence-electron chi connectivity index (χ2n) is 5.31. The van der Waals surface area contributed by atoms with Crippen molar-refractivity contribution in [1.82, 2.24) is 0 Å². The highest BCUT2D eigenvalue weighted by Gasteiger charge is 2.28. The molecule has 1 saturated heterocycles. The number of ether oxygens (including phenoxy) is 1. The maximum absolute atomic E-state index is 11.0. The van der Waals surface area contributed by atoms with Gasteiger partial charge in [-0.1, -0.05) is 32.0 Å². The van der Waals surface area contributed by atoms with Gasteiger partial charge < -0.3 is 10.5 Å². The number of carbonyl (C=O) groups is 1. The fourth-order valence-electron chi connectivity index (χ4n) is 2.47. The number of aryl methyl sites for hydroxylation is 2. The van der Waals surface area contributed by atoms with Crippen LogP contribution in [0.3, 0.4) is 0 Å². The summed E-state index contributed by atoms with van der Waals surface area (Å²) in [6, 6.07) is 6.50. The Morgan fingerprint density at radius 2 is 2.14 bits per heavy atom. The van der Waals surface area contributed by atoms with E-state index in [1.165, 1.54) is 16.4 Å². The average Bonchev–Trinajstić information content (AvgIpc) is 2.91. The van der Waals surface area contributed by atoms with Crippen molar-refractivity contribution >= 4 is 20.5 Å². The Labute approximate surface area is 130 Å². The Balaban J connectivity index is 0.00000106. The van der Waals surface area contributed by atoms with Gasteiger partial charge in [0.05, 0.1) is 0 Å². The molecule has 0 aliphatic carbocycles. The lowest BCUT2D eigenvalue weighted by atomic mass is 9.99. The second-order valence-corrected chi connectivity index (χ2v) is 5.94. The lowest BCUT2D eigenvalue weighted by Crippen LogP contribution is -2.34. The summed E-state index contributed by atoms with van der Waals surface area (Å²) in [5.41, 5.74) is 8.73. The molecule has 1 aliphatic rings. The summed E-state index contributed by atoms with van der Waals surface area (Å²) in [6.07, 6.45) is 4.20. The fraction of sp³-hybridized carbons (Fsp3) is 0.588. The fourth-order valence-corrected chi connectivity index (χ4v) is 2.65. The molecule has 0 spiro atoms. The van der Waals surface area contributed by atoms with Gasteiger partial charge in [-0.3, -0.25) is 4.79 Å². The van der Waals surface area contributed by atoms with Crippen LogP contribution in [0, 0.1) is 6.92 Å². The van der Waals surface area contributed by atoms with Crippen molar-refractivity contribution in [3.05, 3.63) is 29.3 Å². The highest BCUT2D eigenvalue weighted by atomic mass is 31.0. The molecule has 3 nitrogen and oxygen atoms in total. The number of hydrogen-bond donors (Lipinski definition) is 1. The molecule has 21 heavy (non-hydrogen) atoms. The minimum absolute atomic E-state index is 0.0199. The molecule has 1 aromatic rings. The van der Waals surface area contributed by atoms with Crippen LogP contribution in [0.2, 0.25) is 0 Å². The first-order valence-electron chi connectivity index (χ1n) is 7.86. The number of benzene rings is 1. The molecule has 4 heteroatoms. The van der Waals surface area contributed by atoms with Crippen LogP contribution >= 0.6 is 9.24 Å². The van der Waals surface area contributed by atoms with E-state index in [9.17, 15) is 4.79 Å². The quantitative estimate of drug-likeness (QED) is 0.672. The molecule has 2 rings (SSSR count). The van der Waals surface area contributed by atoms with Crippen molar-refractivity contribution in [3.63, 3.8) is 0 Å². The van der Waals surface area contributed by atoms with Gasteiger partial charge in [0.25, 0.3) is 0 Å². The van der Waals surface area contributed by atoms with Gasteiger partial charge >= 0.3 is 5.97 Å². The highest BCUT2D eigenvalue weighted by Crippen LogP contribution is 2.19. The standard InChI is InChI=1S/C15H22NO2P.C2H6/c1-10-9-11(5-7-14(10)19)3-2-4-12(16)13-6-8-15(17)18-13;1-2/h5,7,9,12-13H,2-4,6,8,16,19H2,1H3;1-2H3/t12-,13-;/m0./s1. The molecular weight excluding hydrogens is 281 g/mol. The van der Waals surface area contributed by atoms with Gasteiger partial charge in [-0.2, -0.15) is 0 Å². The Morgan fingerprint density at radius 1 is 1.43 bits per heavy atom. The zero-order valence-corrected chi connectivity index (χ0v) is 14.5. The van der Waals surface area contributed by atoms with Crippen molar-refractivity contribution in [2.24, 2.45) is 5.73 Å². The lowest BCUT2D eigenvalue weighted by molar-refractivity contribution is -0.142. The smallest absolute Gasteiger partial charge is 0.306 e. The zero-order chi connectivity index (χ0) is 15.8. The van der Waals surface area contributed by atoms with Crippen molar-refractivity contribution in [2.75, 3.05) is 0 Å². The summed E-state index contributed by atoms with van der Waals surface area (Å²) in [6.45, 7) is 6.12. The molecule has 1 aliphatic heterocycles. The predicted molar refractivity (Wildman–Crippen MR) is 91.9 cm³/mol. The average molecular weight is 309 g/mol. The third-order valence-corrected chi connectivity index (χ3v) is 4.38. The van der Waals surface area contributed by atoms with E-state index in [1.54, 1.807) is 0 Å². The SMILES string of the molecule is CC.Cc1cc(CCC[C@H](N)[C@@H]2CCC(=O)O2)ccc1P. The first-order chi connectivity index (χ1) is 10.1. The van der Waals surface area contributed by atoms with Crippen molar-refractivity contribution in [3.8, 4) is 0 Å². The van der Waals surface area contributed by atoms with Crippen LogP contribution < -0.4 is 11.0 Å². The Kier molecular flexibility index (Phi) is 7.92. The highest BCUT2D eigenvalue weighted by molar-refractivity contribution is 7.27. The van der Waals surface area contributed by atoms with E-state index in [0.717, 1.165) is 25.7 Å². The first-order valence-corrected chi connectivity index (χ1v) is 8.44. The molecule has 2 N–H and O–H groups in total. The Bertz CT molecular complexity index is 462. The van der Waals surface area contributed by atoms with Crippen molar-refractivity contribution in [2.45, 2.75) is 65.0 Å². The summed E-state index contributed by atoms with van der Waals surface area (Å²) in [4.78, 5) is 11.0. The normalized spacial score (nSPS) is 18.7. The van der Waals surface area contributed by atoms with Gasteiger partial charge in [0.2, 0.25) is 0 Å². The molecule has 0 bridgehead atoms. The van der Waals surface area contributed by atoms with Gasteiger partial charge in [0.15, 0.2) is 0 Å². The lowest BCUT2D eigenvalue weighted by Gasteiger charge is -2.17. The van der Waals surface area contributed by atoms with Gasteiger partial charge in [-0.25, -0.2) is 0 Å². The maximum Gasteiger partial charge on any atom is 0.306 e. The predicted octanol–water partition coefficient (Wildman–Crippen LogP) is 2.88. The largest absolute Gasteiger partial charge is 0.461 e. The minimum Gasteiger partial charge on any atom is -0.461 e. The van der Waals surface area contributed by atoms with Crippen LogP contribution in [0.15, 0.2) is 18.2 Å². The van der Waals surface area contributed by atoms with Crippen LogP contribution in [0.5, 0.6) is 0 Å². The van der Waals surface area contributed by atoms with Gasteiger partial charge in [0, 0.05) is 12.5 Å². The van der Waals surface area contributed by atoms with Crippen LogP contribution in [0.4, 0.5) is 0 Å². The third-order valence-electron chi connectivity index (χ3n) is 3.73. The van der Waals surface area contributed by atoms with Crippen LogP contribution in [-0.2, 0) is 16.0 Å². The van der Waals surface area contributed by atoms with E-state index < -0.39 is 0 Å². The van der Waals surface area contributed by atoms with Crippen molar-refractivity contribution in [1.29, 1.82) is 0 Å². The second kappa shape index (κ2) is 9.17. The van der Waals surface area contributed by atoms with E-state index in [2.05, 4.69) is 34.4 Å². The zero-order valence-electron chi connectivity index (χ0n) is 13.4. The maximum atomic E-state index is 11.0. The molecule has 1 heterocycles. The molecule has 1 unspecified atom stereocenters. The molecule has 0 aromatic heterocycles. The van der Waals surface area contributed by atoms with E-state index >= 15 is 0 Å². The molecule has 118 valence electrons. The van der Waals surface area contributed by atoms with Crippen LogP contribution in [-0.4, -0.2) is 18.1 Å². The number of hydrogen-bond acceptors (Lipinski definition) is 3. The molecular formula is C17H28NO2P. The van der Waals surface area contributed by atoms with E-state index in [-0.39, 0.29) is 18.1 Å². The number of cyclic esters (lactones) is 1. The van der Waals surface area contributed by atoms with Crippen LogP contribution in [0.25, 0.3) is 0 Å². The Hall–Kier alpha value is -0.920. The van der Waals surface area contributed by atoms with Crippen molar-refractivity contribution < 1.29 is 9.53 Å². The molecule has 1 fully saturated rings. The van der Waals surface area contributed by atoms with Gasteiger partial charge in [-0.15, -0.1) is 9.24 Å². The summed E-state index contributed by atoms with van der Waals surface area (Å²) in [7, 11) is 2.74. The summed E-state index contributed by atoms with van der Waals surface area (Å²) in [5, 5.41) is 1.25. The van der Waals surface area contributed by atoms with Crippen LogP contribution in [0.1, 0.15) is 50.7 Å². The molecule has 0 amide bonds. The number of esters is 1. The van der Waals surface area contributed by atoms with Gasteiger partial charge in [-0.05, 0) is 49.0 Å². The summed E-state index contributed by atoms with van der Waals surface area (Å²) < 4.78 is 5.19. The third kappa shape index (κ3) is 5.76. The number of nitrogens with two attached hydrogens (primary N) is 1. The summed E-state index contributed by atoms with van der Waals surface area (Å²) >= 11 is 0. The number of carbonyl (C=O) groups excluding carboxylic acids is 1. The number of rotatable bonds is 5. The van der Waals surface area contributed by atoms with E-state index in [4.69, 9.17) is 10.5 Å². The van der Waals surface area contributed by atoms with E-state index in [0.29, 0.717) is 6.42 Å². The Morgan fingerprint density at radius 3 is 2.71 bits per heavy atom. The topological polar surface area (TPSA) is 52.3 Å². The monoisotopic (exact) mass is 309 g/mol. The molecule has 0 saturated carbocycles. The molecule has 0 radical (unpaired) electrons. The minimum atomic E-state index is -0.105.